The Balaban J connectivity index is 1.41. The summed E-state index contributed by atoms with van der Waals surface area (Å²) >= 11 is 6.00. The highest BCUT2D eigenvalue weighted by molar-refractivity contribution is 6.30. The Labute approximate surface area is 152 Å². The van der Waals surface area contributed by atoms with Crippen LogP contribution in [0.4, 0.5) is 0 Å². The van der Waals surface area contributed by atoms with E-state index in [4.69, 9.17) is 16.3 Å². The van der Waals surface area contributed by atoms with E-state index < -0.39 is 0 Å². The van der Waals surface area contributed by atoms with E-state index in [1.165, 1.54) is 0 Å². The van der Waals surface area contributed by atoms with Gasteiger partial charge >= 0.3 is 0 Å². The van der Waals surface area contributed by atoms with Gasteiger partial charge in [0.25, 0.3) is 5.91 Å². The van der Waals surface area contributed by atoms with E-state index in [1.807, 2.05) is 53.4 Å². The predicted octanol–water partition coefficient (Wildman–Crippen LogP) is 3.21. The van der Waals surface area contributed by atoms with Gasteiger partial charge in [0.05, 0.1) is 0 Å². The minimum absolute atomic E-state index is 0.0996. The molecule has 2 saturated heterocycles. The van der Waals surface area contributed by atoms with Gasteiger partial charge in [-0.25, -0.2) is 0 Å². The molecule has 0 bridgehead atoms. The fraction of sp³-hybridized carbons (Fsp3) is 0.350. The minimum Gasteiger partial charge on any atom is -0.489 e. The molecule has 2 aromatic rings. The summed E-state index contributed by atoms with van der Waals surface area (Å²) in [4.78, 5) is 14.8. The van der Waals surface area contributed by atoms with Crippen molar-refractivity contribution in [2.75, 3.05) is 26.2 Å². The van der Waals surface area contributed by atoms with Crippen LogP contribution in [0.1, 0.15) is 15.9 Å². The van der Waals surface area contributed by atoms with Crippen molar-refractivity contribution < 1.29 is 9.53 Å². The number of hydrogen-bond donors (Lipinski definition) is 1. The van der Waals surface area contributed by atoms with E-state index in [0.29, 0.717) is 34.8 Å². The Morgan fingerprint density at radius 2 is 1.88 bits per heavy atom. The molecule has 4 nitrogen and oxygen atoms in total. The normalized spacial score (nSPS) is 22.0. The van der Waals surface area contributed by atoms with Crippen LogP contribution in [-0.4, -0.2) is 37.0 Å². The topological polar surface area (TPSA) is 41.6 Å². The largest absolute Gasteiger partial charge is 0.489 e. The lowest BCUT2D eigenvalue weighted by atomic mass is 10.0. The van der Waals surface area contributed by atoms with Crippen LogP contribution in [0.3, 0.4) is 0 Å². The van der Waals surface area contributed by atoms with E-state index in [9.17, 15) is 4.79 Å². The molecule has 5 heteroatoms. The molecule has 0 saturated carbocycles. The van der Waals surface area contributed by atoms with Crippen LogP contribution in [0.15, 0.2) is 48.5 Å². The maximum atomic E-state index is 12.8. The van der Waals surface area contributed by atoms with Gasteiger partial charge in [0.1, 0.15) is 12.4 Å². The van der Waals surface area contributed by atoms with E-state index in [-0.39, 0.29) is 5.91 Å². The average molecular weight is 357 g/mol. The second-order valence-corrected chi connectivity index (χ2v) is 7.27. The third-order valence-electron chi connectivity index (χ3n) is 5.05. The maximum absolute atomic E-state index is 12.8. The highest BCUT2D eigenvalue weighted by atomic mass is 35.5. The zero-order chi connectivity index (χ0) is 17.2. The molecular weight excluding hydrogens is 336 g/mol. The second kappa shape index (κ2) is 7.06. The van der Waals surface area contributed by atoms with Gasteiger partial charge in [0.2, 0.25) is 0 Å². The van der Waals surface area contributed by atoms with Crippen LogP contribution >= 0.6 is 11.6 Å². The quantitative estimate of drug-likeness (QED) is 0.914. The Hall–Kier alpha value is -2.04. The number of benzene rings is 2. The van der Waals surface area contributed by atoms with Gasteiger partial charge in [-0.1, -0.05) is 29.8 Å². The van der Waals surface area contributed by atoms with E-state index in [2.05, 4.69) is 5.32 Å². The number of carbonyl (C=O) groups is 1. The van der Waals surface area contributed by atoms with Gasteiger partial charge in [-0.15, -0.1) is 0 Å². The molecule has 0 spiro atoms. The third kappa shape index (κ3) is 3.65. The average Bonchev–Trinajstić information content (AvgIpc) is 3.21. The molecule has 2 aromatic carbocycles. The lowest BCUT2D eigenvalue weighted by molar-refractivity contribution is 0.0781. The molecule has 2 atom stereocenters. The SMILES string of the molecule is O=C(c1cccc(OCc2cccc(Cl)c2)c1)N1C[C@H]2CNC[C@H]2C1. The molecule has 2 aliphatic rings. The van der Waals surface area contributed by atoms with Crippen LogP contribution < -0.4 is 10.1 Å². The van der Waals surface area contributed by atoms with Crippen molar-refractivity contribution in [2.45, 2.75) is 6.61 Å². The molecule has 1 amide bonds. The summed E-state index contributed by atoms with van der Waals surface area (Å²) in [6.45, 7) is 4.18. The van der Waals surface area contributed by atoms with Gasteiger partial charge < -0.3 is 15.0 Å². The van der Waals surface area contributed by atoms with Gasteiger partial charge in [0.15, 0.2) is 0 Å². The van der Waals surface area contributed by atoms with E-state index in [1.54, 1.807) is 0 Å². The number of nitrogens with one attached hydrogen (secondary N) is 1. The molecule has 0 unspecified atom stereocenters. The highest BCUT2D eigenvalue weighted by Crippen LogP contribution is 2.28. The molecule has 1 N–H and O–H groups in total. The Morgan fingerprint density at radius 1 is 1.12 bits per heavy atom. The first-order valence-electron chi connectivity index (χ1n) is 8.66. The number of hydrogen-bond acceptors (Lipinski definition) is 3. The number of carbonyl (C=O) groups excluding carboxylic acids is 1. The van der Waals surface area contributed by atoms with Crippen molar-refractivity contribution in [1.82, 2.24) is 10.2 Å². The van der Waals surface area contributed by atoms with Crippen molar-refractivity contribution in [3.05, 3.63) is 64.7 Å². The number of rotatable bonds is 4. The molecule has 25 heavy (non-hydrogen) atoms. The second-order valence-electron chi connectivity index (χ2n) is 6.83. The number of fused-ring (bicyclic) bond motifs is 1. The summed E-state index contributed by atoms with van der Waals surface area (Å²) in [6.07, 6.45) is 0. The Kier molecular flexibility index (Phi) is 4.64. The van der Waals surface area contributed by atoms with Crippen LogP contribution in [-0.2, 0) is 6.61 Å². The number of nitrogens with zero attached hydrogens (tertiary/aromatic N) is 1. The van der Waals surface area contributed by atoms with Crippen molar-refractivity contribution in [2.24, 2.45) is 11.8 Å². The van der Waals surface area contributed by atoms with Crippen LogP contribution in [0, 0.1) is 11.8 Å². The minimum atomic E-state index is 0.0996. The molecule has 2 fully saturated rings. The first-order valence-corrected chi connectivity index (χ1v) is 9.04. The maximum Gasteiger partial charge on any atom is 0.254 e. The molecule has 2 heterocycles. The standard InChI is InChI=1S/C20H21ClN2O2/c21-18-5-1-3-14(7-18)13-25-19-6-2-4-15(8-19)20(24)23-11-16-9-22-10-17(16)12-23/h1-8,16-17,22H,9-13H2/t16-,17+. The third-order valence-corrected chi connectivity index (χ3v) is 5.29. The summed E-state index contributed by atoms with van der Waals surface area (Å²) in [5.74, 6) is 2.01. The highest BCUT2D eigenvalue weighted by Gasteiger charge is 2.38. The zero-order valence-corrected chi connectivity index (χ0v) is 14.7. The molecule has 0 aromatic heterocycles. The first-order chi connectivity index (χ1) is 12.2. The van der Waals surface area contributed by atoms with Crippen molar-refractivity contribution >= 4 is 17.5 Å². The van der Waals surface area contributed by atoms with Crippen molar-refractivity contribution in [1.29, 1.82) is 0 Å². The molecule has 0 aliphatic carbocycles. The number of halogens is 1. The summed E-state index contributed by atoms with van der Waals surface area (Å²) in [5.41, 5.74) is 1.70. The lowest BCUT2D eigenvalue weighted by Gasteiger charge is -2.18. The smallest absolute Gasteiger partial charge is 0.254 e. The fourth-order valence-electron chi connectivity index (χ4n) is 3.72. The van der Waals surface area contributed by atoms with Crippen molar-refractivity contribution in [3.8, 4) is 5.75 Å². The summed E-state index contributed by atoms with van der Waals surface area (Å²) in [5, 5.41) is 4.10. The summed E-state index contributed by atoms with van der Waals surface area (Å²) < 4.78 is 5.84. The van der Waals surface area contributed by atoms with Gasteiger partial charge in [-0.2, -0.15) is 0 Å². The van der Waals surface area contributed by atoms with E-state index >= 15 is 0 Å². The molecule has 2 aliphatic heterocycles. The molecule has 130 valence electrons. The van der Waals surface area contributed by atoms with Crippen molar-refractivity contribution in [3.63, 3.8) is 0 Å². The number of likely N-dealkylation sites (tertiary alicyclic amines) is 1. The Morgan fingerprint density at radius 3 is 2.64 bits per heavy atom. The van der Waals surface area contributed by atoms with E-state index in [0.717, 1.165) is 31.7 Å². The number of ether oxygens (including phenoxy) is 1. The van der Waals surface area contributed by atoms with Gasteiger partial charge in [-0.3, -0.25) is 4.79 Å². The van der Waals surface area contributed by atoms with Crippen LogP contribution in [0.25, 0.3) is 0 Å². The fourth-order valence-corrected chi connectivity index (χ4v) is 3.93. The molecule has 4 rings (SSSR count). The van der Waals surface area contributed by atoms with Crippen LogP contribution in [0.2, 0.25) is 5.02 Å². The van der Waals surface area contributed by atoms with Gasteiger partial charge in [0, 0.05) is 36.8 Å². The predicted molar refractivity (Wildman–Crippen MR) is 98.0 cm³/mol. The van der Waals surface area contributed by atoms with Crippen LogP contribution in [0.5, 0.6) is 5.75 Å². The summed E-state index contributed by atoms with van der Waals surface area (Å²) in [6, 6.07) is 15.0. The summed E-state index contributed by atoms with van der Waals surface area (Å²) in [7, 11) is 0. The molecular formula is C20H21ClN2O2. The number of amides is 1. The zero-order valence-electron chi connectivity index (χ0n) is 14.0. The molecule has 0 radical (unpaired) electrons. The van der Waals surface area contributed by atoms with Gasteiger partial charge in [-0.05, 0) is 47.7 Å². The Bertz CT molecular complexity index is 768. The lowest BCUT2D eigenvalue weighted by Crippen LogP contribution is -2.31. The monoisotopic (exact) mass is 356 g/mol. The first kappa shape index (κ1) is 16.4.